The zero-order valence-corrected chi connectivity index (χ0v) is 7.80. The molecule has 0 aliphatic rings. The first-order chi connectivity index (χ1) is 6.99. The molecule has 0 fully saturated rings. The highest BCUT2D eigenvalue weighted by molar-refractivity contribution is 6.06. The minimum absolute atomic E-state index is 0.288. The highest BCUT2D eigenvalue weighted by Gasteiger charge is 2.21. The number of carbonyl (C=O) groups is 2. The molecule has 0 atom stereocenters. The molecule has 0 bridgehead atoms. The molecule has 0 saturated carbocycles. The van der Waals surface area contributed by atoms with Crippen molar-refractivity contribution >= 4 is 11.8 Å². The summed E-state index contributed by atoms with van der Waals surface area (Å²) in [6.07, 6.45) is 0. The summed E-state index contributed by atoms with van der Waals surface area (Å²) in [6.45, 7) is 0. The lowest BCUT2D eigenvalue weighted by Gasteiger charge is -2.06. The fourth-order valence-electron chi connectivity index (χ4n) is 1.12. The van der Waals surface area contributed by atoms with Crippen molar-refractivity contribution in [2.75, 3.05) is 7.05 Å². The number of hydrogen-bond donors (Lipinski definition) is 2. The molecule has 1 aromatic rings. The van der Waals surface area contributed by atoms with Gasteiger partial charge in [-0.25, -0.2) is 8.78 Å². The minimum atomic E-state index is -1.41. The van der Waals surface area contributed by atoms with E-state index < -0.39 is 29.0 Å². The number of nitrogens with two attached hydrogens (primary N) is 1. The summed E-state index contributed by atoms with van der Waals surface area (Å²) in [4.78, 5) is 22.0. The van der Waals surface area contributed by atoms with E-state index in [-0.39, 0.29) is 5.56 Å². The molecular weight excluding hydrogens is 206 g/mol. The lowest BCUT2D eigenvalue weighted by molar-refractivity contribution is 0.0940. The van der Waals surface area contributed by atoms with Crippen molar-refractivity contribution in [2.24, 2.45) is 5.73 Å². The highest BCUT2D eigenvalue weighted by Crippen LogP contribution is 2.16. The van der Waals surface area contributed by atoms with Gasteiger partial charge in [-0.15, -0.1) is 0 Å². The normalized spacial score (nSPS) is 9.80. The summed E-state index contributed by atoms with van der Waals surface area (Å²) in [6, 6.07) is 1.75. The topological polar surface area (TPSA) is 72.2 Å². The van der Waals surface area contributed by atoms with E-state index in [0.29, 0.717) is 0 Å². The Morgan fingerprint density at radius 2 is 1.93 bits per heavy atom. The molecule has 4 nitrogen and oxygen atoms in total. The number of nitrogens with one attached hydrogen (secondary N) is 1. The summed E-state index contributed by atoms with van der Waals surface area (Å²) in [5, 5.41) is 2.19. The van der Waals surface area contributed by atoms with E-state index >= 15 is 0 Å². The third kappa shape index (κ3) is 1.93. The molecular formula is C9H8F2N2O2. The van der Waals surface area contributed by atoms with Gasteiger partial charge >= 0.3 is 0 Å². The second kappa shape index (κ2) is 4.04. The van der Waals surface area contributed by atoms with Crippen molar-refractivity contribution in [3.05, 3.63) is 34.9 Å². The molecule has 0 aromatic heterocycles. The monoisotopic (exact) mass is 214 g/mol. The van der Waals surface area contributed by atoms with Crippen LogP contribution in [0.25, 0.3) is 0 Å². The SMILES string of the molecule is CNC(=O)c1ccc(F)c(F)c1C(N)=O. The number of benzene rings is 1. The molecule has 6 heteroatoms. The van der Waals surface area contributed by atoms with Crippen molar-refractivity contribution in [2.45, 2.75) is 0 Å². The summed E-state index contributed by atoms with van der Waals surface area (Å²) >= 11 is 0. The number of primary amides is 1. The fourth-order valence-corrected chi connectivity index (χ4v) is 1.12. The number of hydrogen-bond acceptors (Lipinski definition) is 2. The maximum absolute atomic E-state index is 13.2. The van der Waals surface area contributed by atoms with Crippen molar-refractivity contribution < 1.29 is 18.4 Å². The van der Waals surface area contributed by atoms with Gasteiger partial charge in [0.05, 0.1) is 11.1 Å². The zero-order valence-electron chi connectivity index (χ0n) is 7.80. The average Bonchev–Trinajstić information content (AvgIpc) is 2.20. The highest BCUT2D eigenvalue weighted by atomic mass is 19.2. The van der Waals surface area contributed by atoms with Crippen LogP contribution in [0, 0.1) is 11.6 Å². The van der Waals surface area contributed by atoms with Crippen molar-refractivity contribution in [1.29, 1.82) is 0 Å². The zero-order chi connectivity index (χ0) is 11.6. The number of amides is 2. The Bertz CT molecular complexity index is 432. The second-order valence-corrected chi connectivity index (χ2v) is 2.73. The van der Waals surface area contributed by atoms with E-state index in [9.17, 15) is 18.4 Å². The Morgan fingerprint density at radius 1 is 1.33 bits per heavy atom. The van der Waals surface area contributed by atoms with Gasteiger partial charge in [-0.2, -0.15) is 0 Å². The fraction of sp³-hybridized carbons (Fsp3) is 0.111. The van der Waals surface area contributed by atoms with Gasteiger partial charge in [0.15, 0.2) is 11.6 Å². The summed E-state index contributed by atoms with van der Waals surface area (Å²) in [7, 11) is 1.30. The Hall–Kier alpha value is -1.98. The van der Waals surface area contributed by atoms with Crippen LogP contribution in [0.1, 0.15) is 20.7 Å². The number of rotatable bonds is 2. The van der Waals surface area contributed by atoms with Gasteiger partial charge in [0.25, 0.3) is 11.8 Å². The molecule has 80 valence electrons. The van der Waals surface area contributed by atoms with E-state index in [4.69, 9.17) is 5.73 Å². The molecule has 0 spiro atoms. The predicted molar refractivity (Wildman–Crippen MR) is 48.3 cm³/mol. The third-order valence-electron chi connectivity index (χ3n) is 1.81. The van der Waals surface area contributed by atoms with Crippen LogP contribution in [0.15, 0.2) is 12.1 Å². The van der Waals surface area contributed by atoms with Crippen LogP contribution in [0.5, 0.6) is 0 Å². The van der Waals surface area contributed by atoms with Gasteiger partial charge in [0, 0.05) is 7.05 Å². The molecule has 0 unspecified atom stereocenters. The Balaban J connectivity index is 3.46. The van der Waals surface area contributed by atoms with Crippen LogP contribution < -0.4 is 11.1 Å². The van der Waals surface area contributed by atoms with Crippen molar-refractivity contribution in [3.8, 4) is 0 Å². The van der Waals surface area contributed by atoms with Gasteiger partial charge in [0.2, 0.25) is 0 Å². The maximum Gasteiger partial charge on any atom is 0.252 e. The smallest absolute Gasteiger partial charge is 0.252 e. The lowest BCUT2D eigenvalue weighted by atomic mass is 10.1. The van der Waals surface area contributed by atoms with Crippen molar-refractivity contribution in [3.63, 3.8) is 0 Å². The minimum Gasteiger partial charge on any atom is -0.365 e. The number of halogens is 2. The summed E-state index contributed by atoms with van der Waals surface area (Å²) in [5.41, 5.74) is 3.82. The molecule has 1 rings (SSSR count). The largest absolute Gasteiger partial charge is 0.365 e. The lowest BCUT2D eigenvalue weighted by Crippen LogP contribution is -2.25. The molecule has 15 heavy (non-hydrogen) atoms. The summed E-state index contributed by atoms with van der Waals surface area (Å²) in [5.74, 6) is -4.53. The standard InChI is InChI=1S/C9H8F2N2O2/c1-13-9(15)4-2-3-5(10)7(11)6(4)8(12)14/h2-3H,1H3,(H2,12,14)(H,13,15). The maximum atomic E-state index is 13.2. The Kier molecular flexibility index (Phi) is 2.99. The van der Waals surface area contributed by atoms with E-state index in [1.165, 1.54) is 7.05 Å². The van der Waals surface area contributed by atoms with Crippen LogP contribution in [-0.2, 0) is 0 Å². The van der Waals surface area contributed by atoms with Crippen LogP contribution >= 0.6 is 0 Å². The average molecular weight is 214 g/mol. The molecule has 3 N–H and O–H groups in total. The molecule has 2 amide bonds. The summed E-state index contributed by atoms with van der Waals surface area (Å²) < 4.78 is 25.9. The van der Waals surface area contributed by atoms with Gasteiger partial charge < -0.3 is 11.1 Å². The predicted octanol–water partition coefficient (Wildman–Crippen LogP) is 0.423. The molecule has 0 saturated heterocycles. The van der Waals surface area contributed by atoms with E-state index in [1.54, 1.807) is 0 Å². The third-order valence-corrected chi connectivity index (χ3v) is 1.81. The van der Waals surface area contributed by atoms with Crippen LogP contribution in [0.3, 0.4) is 0 Å². The first-order valence-electron chi connectivity index (χ1n) is 3.99. The first kappa shape index (κ1) is 11.1. The van der Waals surface area contributed by atoms with Gasteiger partial charge in [-0.3, -0.25) is 9.59 Å². The van der Waals surface area contributed by atoms with Crippen molar-refractivity contribution in [1.82, 2.24) is 5.32 Å². The van der Waals surface area contributed by atoms with Crippen LogP contribution in [0.2, 0.25) is 0 Å². The van der Waals surface area contributed by atoms with Crippen LogP contribution in [-0.4, -0.2) is 18.9 Å². The van der Waals surface area contributed by atoms with E-state index in [1.807, 2.05) is 0 Å². The van der Waals surface area contributed by atoms with E-state index in [0.717, 1.165) is 12.1 Å². The molecule has 0 radical (unpaired) electrons. The quantitative estimate of drug-likeness (QED) is 0.749. The van der Waals surface area contributed by atoms with Gasteiger partial charge in [0.1, 0.15) is 0 Å². The second-order valence-electron chi connectivity index (χ2n) is 2.73. The molecule has 0 aliphatic heterocycles. The van der Waals surface area contributed by atoms with Crippen LogP contribution in [0.4, 0.5) is 8.78 Å². The van der Waals surface area contributed by atoms with E-state index in [2.05, 4.69) is 5.32 Å². The Labute approximate surface area is 84.1 Å². The Morgan fingerprint density at radius 3 is 2.40 bits per heavy atom. The first-order valence-corrected chi connectivity index (χ1v) is 3.99. The number of carbonyl (C=O) groups excluding carboxylic acids is 2. The molecule has 1 aromatic carbocycles. The van der Waals surface area contributed by atoms with Gasteiger partial charge in [-0.05, 0) is 12.1 Å². The molecule has 0 aliphatic carbocycles. The van der Waals surface area contributed by atoms with Gasteiger partial charge in [-0.1, -0.05) is 0 Å². The molecule has 0 heterocycles.